The zero-order valence-corrected chi connectivity index (χ0v) is 25.1. The second-order valence-corrected chi connectivity index (χ2v) is 14.9. The van der Waals surface area contributed by atoms with Crippen molar-refractivity contribution in [3.8, 4) is 0 Å². The van der Waals surface area contributed by atoms with Gasteiger partial charge in [0.25, 0.3) is 0 Å². The first-order valence-corrected chi connectivity index (χ1v) is 14.6. The van der Waals surface area contributed by atoms with Gasteiger partial charge in [0.2, 0.25) is 0 Å². The van der Waals surface area contributed by atoms with Gasteiger partial charge in [0, 0.05) is 42.4 Å². The molecule has 9 nitrogen and oxygen atoms in total. The fourth-order valence-corrected chi connectivity index (χ4v) is 9.40. The van der Waals surface area contributed by atoms with Crippen LogP contribution in [0.3, 0.4) is 0 Å². The van der Waals surface area contributed by atoms with Crippen LogP contribution in [0.4, 0.5) is 0 Å². The molecule has 11 atom stereocenters. The molecular weight excluding hydrogens is 516 g/mol. The summed E-state index contributed by atoms with van der Waals surface area (Å²) in [6.07, 6.45) is -1.97. The molecule has 4 aliphatic rings. The van der Waals surface area contributed by atoms with Gasteiger partial charge in [0.15, 0.2) is 5.78 Å². The highest BCUT2D eigenvalue weighted by atomic mass is 16.6. The number of hydrogen-bond donors (Lipinski definition) is 5. The summed E-state index contributed by atoms with van der Waals surface area (Å²) in [5.74, 6) is -3.62. The van der Waals surface area contributed by atoms with Gasteiger partial charge in [-0.05, 0) is 57.3 Å². The van der Waals surface area contributed by atoms with E-state index in [9.17, 15) is 39.9 Å². The molecule has 9 heteroatoms. The zero-order valence-electron chi connectivity index (χ0n) is 25.1. The van der Waals surface area contributed by atoms with E-state index in [1.807, 2.05) is 27.7 Å². The summed E-state index contributed by atoms with van der Waals surface area (Å²) in [4.78, 5) is 39.0. The van der Waals surface area contributed by atoms with Crippen LogP contribution in [-0.4, -0.2) is 78.7 Å². The summed E-state index contributed by atoms with van der Waals surface area (Å²) < 4.78 is 5.28. The highest BCUT2D eigenvalue weighted by molar-refractivity contribution is 5.89. The molecule has 4 aliphatic carbocycles. The third kappa shape index (κ3) is 4.51. The van der Waals surface area contributed by atoms with E-state index in [4.69, 9.17) is 4.74 Å². The Morgan fingerprint density at radius 3 is 2.23 bits per heavy atom. The highest BCUT2D eigenvalue weighted by Crippen LogP contribution is 2.69. The van der Waals surface area contributed by atoms with Crippen LogP contribution in [0.2, 0.25) is 0 Å². The van der Waals surface area contributed by atoms with Gasteiger partial charge in [-0.3, -0.25) is 14.4 Å². The summed E-state index contributed by atoms with van der Waals surface area (Å²) in [6.45, 7) is 13.5. The number of aliphatic hydroxyl groups is 5. The first-order chi connectivity index (χ1) is 18.1. The zero-order chi connectivity index (χ0) is 30.4. The highest BCUT2D eigenvalue weighted by Gasteiger charge is 2.72. The molecule has 11 unspecified atom stereocenters. The van der Waals surface area contributed by atoms with Crippen LogP contribution in [0.25, 0.3) is 0 Å². The number of carbonyl (C=O) groups is 3. The van der Waals surface area contributed by atoms with Crippen molar-refractivity contribution < 1.29 is 44.7 Å². The van der Waals surface area contributed by atoms with E-state index in [0.29, 0.717) is 0 Å². The SMILES string of the molecule is CC(=O)OC(C)(C)CCC(=O)C(C)(O)C1C(O)CC2(C)C1CC(=O)C1(C)C3CC(O)C(O)C(C)(C)C3=CC(O)C21. The fourth-order valence-electron chi connectivity index (χ4n) is 9.40. The molecule has 3 fully saturated rings. The van der Waals surface area contributed by atoms with Gasteiger partial charge in [-0.1, -0.05) is 39.3 Å². The number of hydrogen-bond acceptors (Lipinski definition) is 9. The summed E-state index contributed by atoms with van der Waals surface area (Å²) >= 11 is 0. The van der Waals surface area contributed by atoms with Crippen LogP contribution < -0.4 is 0 Å². The standard InChI is InChI=1S/C31H48O9/c1-15(32)40-27(2,3)10-9-22(36)31(8,39)24-18-13-23(37)30(7)17-12-20(34)26(38)28(4,5)16(17)11-19(33)25(30)29(18,6)14-21(24)35/h11,17-21,24-26,33-35,38-39H,9-10,12-14H2,1-8H3. The molecule has 0 spiro atoms. The minimum absolute atomic E-state index is 0.0170. The van der Waals surface area contributed by atoms with Crippen molar-refractivity contribution in [3.63, 3.8) is 0 Å². The van der Waals surface area contributed by atoms with Crippen LogP contribution in [-0.2, 0) is 19.1 Å². The molecule has 0 aromatic carbocycles. The molecule has 0 aromatic heterocycles. The fraction of sp³-hybridized carbons (Fsp3) is 0.839. The number of ether oxygens (including phenoxy) is 1. The van der Waals surface area contributed by atoms with Crippen LogP contribution in [0.1, 0.15) is 87.5 Å². The largest absolute Gasteiger partial charge is 0.460 e. The van der Waals surface area contributed by atoms with Gasteiger partial charge in [0.05, 0.1) is 24.4 Å². The molecule has 0 aliphatic heterocycles. The maximum atomic E-state index is 14.2. The first-order valence-electron chi connectivity index (χ1n) is 14.6. The van der Waals surface area contributed by atoms with Gasteiger partial charge >= 0.3 is 5.97 Å². The topological polar surface area (TPSA) is 162 Å². The van der Waals surface area contributed by atoms with E-state index < -0.39 is 87.3 Å². The van der Waals surface area contributed by atoms with Gasteiger partial charge in [0.1, 0.15) is 17.0 Å². The van der Waals surface area contributed by atoms with E-state index >= 15 is 0 Å². The van der Waals surface area contributed by atoms with Gasteiger partial charge in [-0.15, -0.1) is 0 Å². The molecule has 4 rings (SSSR count). The average Bonchev–Trinajstić information content (AvgIpc) is 3.06. The smallest absolute Gasteiger partial charge is 0.303 e. The Labute approximate surface area is 237 Å². The third-order valence-electron chi connectivity index (χ3n) is 11.4. The Morgan fingerprint density at radius 2 is 1.65 bits per heavy atom. The molecule has 40 heavy (non-hydrogen) atoms. The summed E-state index contributed by atoms with van der Waals surface area (Å²) in [6, 6.07) is 0. The van der Waals surface area contributed by atoms with Crippen molar-refractivity contribution in [3.05, 3.63) is 11.6 Å². The second kappa shape index (κ2) is 9.69. The number of esters is 1. The quantitative estimate of drug-likeness (QED) is 0.240. The van der Waals surface area contributed by atoms with Gasteiger partial charge in [-0.25, -0.2) is 0 Å². The molecule has 0 saturated heterocycles. The van der Waals surface area contributed by atoms with Gasteiger partial charge < -0.3 is 30.3 Å². The molecule has 226 valence electrons. The van der Waals surface area contributed by atoms with Crippen molar-refractivity contribution in [1.82, 2.24) is 0 Å². The van der Waals surface area contributed by atoms with Crippen LogP contribution in [0, 0.1) is 39.9 Å². The Balaban J connectivity index is 1.69. The van der Waals surface area contributed by atoms with Crippen molar-refractivity contribution in [1.29, 1.82) is 0 Å². The molecule has 3 saturated carbocycles. The first kappa shape index (κ1) is 31.3. The van der Waals surface area contributed by atoms with E-state index in [0.717, 1.165) is 5.57 Å². The van der Waals surface area contributed by atoms with Gasteiger partial charge in [-0.2, -0.15) is 0 Å². The molecular formula is C31H48O9. The van der Waals surface area contributed by atoms with Crippen LogP contribution >= 0.6 is 0 Å². The van der Waals surface area contributed by atoms with Crippen LogP contribution in [0.15, 0.2) is 11.6 Å². The molecule has 0 radical (unpaired) electrons. The molecule has 0 amide bonds. The maximum absolute atomic E-state index is 14.2. The molecule has 0 bridgehead atoms. The van der Waals surface area contributed by atoms with Crippen molar-refractivity contribution in [2.24, 2.45) is 39.9 Å². The number of fused-ring (bicyclic) bond motifs is 5. The summed E-state index contributed by atoms with van der Waals surface area (Å²) in [7, 11) is 0. The minimum Gasteiger partial charge on any atom is -0.460 e. The number of Topliss-reactive ketones (excluding diaryl/α,β-unsaturated/α-hetero) is 2. The van der Waals surface area contributed by atoms with E-state index in [-0.39, 0.29) is 37.9 Å². The number of carbonyl (C=O) groups excluding carboxylic acids is 3. The minimum atomic E-state index is -1.95. The number of aliphatic hydroxyl groups excluding tert-OH is 4. The Morgan fingerprint density at radius 1 is 1.05 bits per heavy atom. The second-order valence-electron chi connectivity index (χ2n) is 14.9. The van der Waals surface area contributed by atoms with E-state index in [1.54, 1.807) is 19.9 Å². The lowest BCUT2D eigenvalue weighted by molar-refractivity contribution is -0.181. The monoisotopic (exact) mass is 564 g/mol. The lowest BCUT2D eigenvalue weighted by atomic mass is 9.41. The van der Waals surface area contributed by atoms with E-state index in [1.165, 1.54) is 13.8 Å². The van der Waals surface area contributed by atoms with Crippen LogP contribution in [0.5, 0.6) is 0 Å². The normalized spacial score (nSPS) is 44.0. The number of ketones is 2. The van der Waals surface area contributed by atoms with Crippen molar-refractivity contribution in [2.75, 3.05) is 0 Å². The van der Waals surface area contributed by atoms with E-state index in [2.05, 4.69) is 0 Å². The molecule has 0 aromatic rings. The predicted octanol–water partition coefficient (Wildman–Crippen LogP) is 2.10. The predicted molar refractivity (Wildman–Crippen MR) is 146 cm³/mol. The van der Waals surface area contributed by atoms with Crippen molar-refractivity contribution in [2.45, 2.75) is 123 Å². The lowest BCUT2D eigenvalue weighted by Crippen LogP contribution is -2.65. The average molecular weight is 565 g/mol. The molecule has 0 heterocycles. The Bertz CT molecular complexity index is 1110. The maximum Gasteiger partial charge on any atom is 0.303 e. The number of rotatable bonds is 6. The lowest BCUT2D eigenvalue weighted by Gasteiger charge is -2.63. The molecule has 5 N–H and O–H groups in total. The van der Waals surface area contributed by atoms with Crippen molar-refractivity contribution >= 4 is 17.5 Å². The summed E-state index contributed by atoms with van der Waals surface area (Å²) in [5, 5.41) is 56.2. The summed E-state index contributed by atoms with van der Waals surface area (Å²) in [5.41, 5.74) is -4.80. The third-order valence-corrected chi connectivity index (χ3v) is 11.4. The Hall–Kier alpha value is -1.65. The Kier molecular flexibility index (Phi) is 7.58.